The largest absolute Gasteiger partial charge is 0.378 e. The molecule has 0 fully saturated rings. The molecule has 0 radical (unpaired) electrons. The first-order chi connectivity index (χ1) is 7.99. The Morgan fingerprint density at radius 1 is 0.765 bits per heavy atom. The molecule has 3 heteroatoms. The fraction of sp³-hybridized carbons (Fsp3) is 1.00. The molecule has 17 heavy (non-hydrogen) atoms. The Bertz CT molecular complexity index is 154. The van der Waals surface area contributed by atoms with Crippen molar-refractivity contribution in [3.63, 3.8) is 0 Å². The highest BCUT2D eigenvalue weighted by Gasteiger charge is 2.12. The van der Waals surface area contributed by atoms with E-state index >= 15 is 0 Å². The molecule has 0 aliphatic carbocycles. The topological polar surface area (TPSA) is 33.3 Å². The summed E-state index contributed by atoms with van der Waals surface area (Å²) in [7, 11) is 4.03. The van der Waals surface area contributed by atoms with Crippen LogP contribution in [-0.2, 0) is 4.74 Å². The van der Waals surface area contributed by atoms with Crippen LogP contribution in [0.3, 0.4) is 0 Å². The normalized spacial score (nSPS) is 15.5. The number of ether oxygens (including phenoxy) is 1. The van der Waals surface area contributed by atoms with Crippen molar-refractivity contribution in [2.75, 3.05) is 27.3 Å². The van der Waals surface area contributed by atoms with E-state index in [9.17, 15) is 0 Å². The lowest BCUT2D eigenvalue weighted by Gasteiger charge is -2.22. The molecule has 0 aromatic carbocycles. The van der Waals surface area contributed by atoms with Gasteiger partial charge in [0.1, 0.15) is 0 Å². The van der Waals surface area contributed by atoms with Crippen LogP contribution in [0.2, 0.25) is 0 Å². The monoisotopic (exact) mass is 244 g/mol. The van der Waals surface area contributed by atoms with Gasteiger partial charge in [0.05, 0.1) is 13.2 Å². The van der Waals surface area contributed by atoms with Crippen molar-refractivity contribution in [1.29, 1.82) is 0 Å². The van der Waals surface area contributed by atoms with Gasteiger partial charge in [-0.15, -0.1) is 0 Å². The van der Waals surface area contributed by atoms with Crippen molar-refractivity contribution in [1.82, 2.24) is 10.6 Å². The summed E-state index contributed by atoms with van der Waals surface area (Å²) in [4.78, 5) is 0. The van der Waals surface area contributed by atoms with Crippen molar-refractivity contribution < 1.29 is 4.74 Å². The summed E-state index contributed by atoms with van der Waals surface area (Å²) in [6.45, 7) is 10.6. The average Bonchev–Trinajstić information content (AvgIpc) is 2.25. The molecule has 0 rings (SSSR count). The van der Waals surface area contributed by atoms with Crippen LogP contribution in [0.4, 0.5) is 0 Å². The molecule has 0 spiro atoms. The minimum atomic E-state index is 0.478. The molecular formula is C14H32N2O. The second-order valence-corrected chi connectivity index (χ2v) is 5.77. The molecule has 2 N–H and O–H groups in total. The fourth-order valence-corrected chi connectivity index (χ4v) is 2.03. The molecule has 0 aliphatic rings. The zero-order valence-corrected chi connectivity index (χ0v) is 12.5. The van der Waals surface area contributed by atoms with Gasteiger partial charge >= 0.3 is 0 Å². The van der Waals surface area contributed by atoms with E-state index < -0.39 is 0 Å². The number of likely N-dealkylation sites (N-methyl/N-ethyl adjacent to an activating group) is 2. The molecular weight excluding hydrogens is 212 g/mol. The molecule has 0 saturated carbocycles. The average molecular weight is 244 g/mol. The summed E-state index contributed by atoms with van der Waals surface area (Å²) in [5, 5.41) is 6.64. The first-order valence-corrected chi connectivity index (χ1v) is 6.91. The Morgan fingerprint density at radius 2 is 1.12 bits per heavy atom. The predicted octanol–water partition coefficient (Wildman–Crippen LogP) is 2.27. The minimum Gasteiger partial charge on any atom is -0.378 e. The minimum absolute atomic E-state index is 0.478. The Kier molecular flexibility index (Phi) is 9.79. The van der Waals surface area contributed by atoms with Gasteiger partial charge in [0.15, 0.2) is 0 Å². The molecule has 0 heterocycles. The van der Waals surface area contributed by atoms with Crippen LogP contribution in [0, 0.1) is 11.8 Å². The lowest BCUT2D eigenvalue weighted by molar-refractivity contribution is 0.0854. The van der Waals surface area contributed by atoms with Crippen LogP contribution in [0.25, 0.3) is 0 Å². The van der Waals surface area contributed by atoms with Gasteiger partial charge < -0.3 is 15.4 Å². The summed E-state index contributed by atoms with van der Waals surface area (Å²) >= 11 is 0. The summed E-state index contributed by atoms with van der Waals surface area (Å²) in [6.07, 6.45) is 2.34. The Hall–Kier alpha value is -0.120. The van der Waals surface area contributed by atoms with Gasteiger partial charge in [-0.2, -0.15) is 0 Å². The molecule has 2 atom stereocenters. The standard InChI is InChI=1S/C14H32N2O/c1-11(2)7-13(15-5)9-17-10-14(16-6)8-12(3)4/h11-16H,7-10H2,1-6H3. The number of hydrogen-bond acceptors (Lipinski definition) is 3. The molecule has 0 bridgehead atoms. The first-order valence-electron chi connectivity index (χ1n) is 6.91. The molecule has 0 aliphatic heterocycles. The van der Waals surface area contributed by atoms with Gasteiger partial charge in [0.2, 0.25) is 0 Å². The summed E-state index contributed by atoms with van der Waals surface area (Å²) < 4.78 is 5.82. The third-order valence-corrected chi connectivity index (χ3v) is 2.97. The van der Waals surface area contributed by atoms with Crippen LogP contribution in [-0.4, -0.2) is 39.4 Å². The van der Waals surface area contributed by atoms with Crippen LogP contribution < -0.4 is 10.6 Å². The van der Waals surface area contributed by atoms with E-state index in [0.717, 1.165) is 13.2 Å². The second kappa shape index (κ2) is 9.86. The second-order valence-electron chi connectivity index (χ2n) is 5.77. The Labute approximate surface area is 108 Å². The Balaban J connectivity index is 3.77. The summed E-state index contributed by atoms with van der Waals surface area (Å²) in [6, 6.07) is 0.957. The van der Waals surface area contributed by atoms with Crippen molar-refractivity contribution >= 4 is 0 Å². The molecule has 0 aromatic heterocycles. The van der Waals surface area contributed by atoms with Crippen molar-refractivity contribution in [3.8, 4) is 0 Å². The van der Waals surface area contributed by atoms with Crippen LogP contribution in [0.5, 0.6) is 0 Å². The Morgan fingerprint density at radius 3 is 1.35 bits per heavy atom. The van der Waals surface area contributed by atoms with Gasteiger partial charge in [0, 0.05) is 12.1 Å². The third-order valence-electron chi connectivity index (χ3n) is 2.97. The molecule has 3 nitrogen and oxygen atoms in total. The van der Waals surface area contributed by atoms with Crippen molar-refractivity contribution in [3.05, 3.63) is 0 Å². The number of rotatable bonds is 10. The highest BCUT2D eigenvalue weighted by molar-refractivity contribution is 4.69. The molecule has 2 unspecified atom stereocenters. The van der Waals surface area contributed by atoms with E-state index in [4.69, 9.17) is 4.74 Å². The maximum Gasteiger partial charge on any atom is 0.0620 e. The quantitative estimate of drug-likeness (QED) is 0.618. The lowest BCUT2D eigenvalue weighted by Crippen LogP contribution is -2.36. The number of nitrogens with one attached hydrogen (secondary N) is 2. The van der Waals surface area contributed by atoms with Gasteiger partial charge in [-0.1, -0.05) is 27.7 Å². The van der Waals surface area contributed by atoms with Gasteiger partial charge in [-0.25, -0.2) is 0 Å². The van der Waals surface area contributed by atoms with E-state index in [0.29, 0.717) is 23.9 Å². The zero-order chi connectivity index (χ0) is 13.3. The van der Waals surface area contributed by atoms with Crippen LogP contribution in [0.1, 0.15) is 40.5 Å². The number of hydrogen-bond donors (Lipinski definition) is 2. The van der Waals surface area contributed by atoms with Crippen LogP contribution >= 0.6 is 0 Å². The maximum absolute atomic E-state index is 5.82. The SMILES string of the molecule is CNC(COCC(CC(C)C)NC)CC(C)C. The fourth-order valence-electron chi connectivity index (χ4n) is 2.03. The van der Waals surface area contributed by atoms with Gasteiger partial charge in [-0.05, 0) is 38.8 Å². The van der Waals surface area contributed by atoms with Gasteiger partial charge in [0.25, 0.3) is 0 Å². The van der Waals surface area contributed by atoms with E-state index in [1.807, 2.05) is 14.1 Å². The van der Waals surface area contributed by atoms with E-state index in [1.165, 1.54) is 12.8 Å². The molecule has 0 saturated heterocycles. The van der Waals surface area contributed by atoms with Crippen molar-refractivity contribution in [2.24, 2.45) is 11.8 Å². The predicted molar refractivity (Wildman–Crippen MR) is 75.4 cm³/mol. The van der Waals surface area contributed by atoms with E-state index in [1.54, 1.807) is 0 Å². The molecule has 104 valence electrons. The highest BCUT2D eigenvalue weighted by Crippen LogP contribution is 2.07. The zero-order valence-electron chi connectivity index (χ0n) is 12.5. The third kappa shape index (κ3) is 9.57. The molecule has 0 aromatic rings. The first kappa shape index (κ1) is 16.9. The molecule has 0 amide bonds. The maximum atomic E-state index is 5.82. The van der Waals surface area contributed by atoms with E-state index in [2.05, 4.69) is 38.3 Å². The highest BCUT2D eigenvalue weighted by atomic mass is 16.5. The smallest absolute Gasteiger partial charge is 0.0620 e. The summed E-state index contributed by atoms with van der Waals surface area (Å²) in [5.41, 5.74) is 0. The van der Waals surface area contributed by atoms with Crippen LogP contribution in [0.15, 0.2) is 0 Å². The lowest BCUT2D eigenvalue weighted by atomic mass is 10.0. The summed E-state index contributed by atoms with van der Waals surface area (Å²) in [5.74, 6) is 1.43. The van der Waals surface area contributed by atoms with E-state index in [-0.39, 0.29) is 0 Å². The van der Waals surface area contributed by atoms with Gasteiger partial charge in [-0.3, -0.25) is 0 Å². The van der Waals surface area contributed by atoms with Crippen molar-refractivity contribution in [2.45, 2.75) is 52.6 Å².